The number of nitrogens with two attached hydrogens (primary N) is 1. The number of ether oxygens (including phenoxy) is 1. The van der Waals surface area contributed by atoms with Gasteiger partial charge in [0.15, 0.2) is 0 Å². The first-order valence-electron chi connectivity index (χ1n) is 7.57. The Morgan fingerprint density at radius 2 is 1.90 bits per heavy atom. The highest BCUT2D eigenvalue weighted by Crippen LogP contribution is 2.20. The summed E-state index contributed by atoms with van der Waals surface area (Å²) in [6.45, 7) is 4.61. The maximum absolute atomic E-state index is 12.5. The molecule has 6 heteroatoms. The Labute approximate surface area is 124 Å². The summed E-state index contributed by atoms with van der Waals surface area (Å²) in [5.74, 6) is 1.38. The highest BCUT2D eigenvalue weighted by atomic mass is 16.5. The minimum atomic E-state index is 0.153. The predicted molar refractivity (Wildman–Crippen MR) is 81.0 cm³/mol. The van der Waals surface area contributed by atoms with Crippen molar-refractivity contribution in [1.29, 1.82) is 0 Å². The molecule has 0 unspecified atom stereocenters. The van der Waals surface area contributed by atoms with Crippen molar-refractivity contribution in [3.63, 3.8) is 0 Å². The third-order valence-corrected chi connectivity index (χ3v) is 4.26. The summed E-state index contributed by atoms with van der Waals surface area (Å²) in [7, 11) is 0. The molecule has 2 saturated heterocycles. The Morgan fingerprint density at radius 1 is 1.19 bits per heavy atom. The minimum absolute atomic E-state index is 0.153. The Kier molecular flexibility index (Phi) is 4.24. The van der Waals surface area contributed by atoms with Crippen molar-refractivity contribution < 1.29 is 9.53 Å². The van der Waals surface area contributed by atoms with Gasteiger partial charge in [0.2, 0.25) is 5.91 Å². The van der Waals surface area contributed by atoms with Gasteiger partial charge in [-0.15, -0.1) is 0 Å². The molecule has 0 aromatic carbocycles. The van der Waals surface area contributed by atoms with E-state index in [1.54, 1.807) is 6.20 Å². The van der Waals surface area contributed by atoms with Crippen LogP contribution >= 0.6 is 0 Å². The summed E-state index contributed by atoms with van der Waals surface area (Å²) in [5, 5.41) is 0. The van der Waals surface area contributed by atoms with Crippen molar-refractivity contribution in [2.75, 3.05) is 50.0 Å². The summed E-state index contributed by atoms with van der Waals surface area (Å²) >= 11 is 0. The molecule has 1 amide bonds. The molecule has 0 radical (unpaired) electrons. The average Bonchev–Trinajstić information content (AvgIpc) is 2.56. The molecule has 1 aromatic heterocycles. The number of nitrogen functional groups attached to an aromatic ring is 1. The van der Waals surface area contributed by atoms with Crippen molar-refractivity contribution in [2.45, 2.75) is 12.8 Å². The molecule has 6 nitrogen and oxygen atoms in total. The van der Waals surface area contributed by atoms with E-state index in [2.05, 4.69) is 9.88 Å². The minimum Gasteiger partial charge on any atom is -0.397 e. The van der Waals surface area contributed by atoms with Crippen LogP contribution in [0.2, 0.25) is 0 Å². The molecule has 3 rings (SSSR count). The maximum Gasteiger partial charge on any atom is 0.225 e. The Bertz CT molecular complexity index is 477. The van der Waals surface area contributed by atoms with Gasteiger partial charge in [-0.1, -0.05) is 0 Å². The quantitative estimate of drug-likeness (QED) is 0.870. The lowest BCUT2D eigenvalue weighted by Crippen LogP contribution is -2.51. The molecule has 0 spiro atoms. The number of carbonyl (C=O) groups excluding carboxylic acids is 1. The van der Waals surface area contributed by atoms with Gasteiger partial charge >= 0.3 is 0 Å². The Balaban J connectivity index is 1.54. The smallest absolute Gasteiger partial charge is 0.225 e. The van der Waals surface area contributed by atoms with Crippen LogP contribution in [0.3, 0.4) is 0 Å². The molecular formula is C15H22N4O2. The summed E-state index contributed by atoms with van der Waals surface area (Å²) in [4.78, 5) is 21.0. The van der Waals surface area contributed by atoms with E-state index >= 15 is 0 Å². The SMILES string of the molecule is Nc1ccc(N2CCN(C(=O)C3CCOCC3)CC2)nc1. The van der Waals surface area contributed by atoms with Crippen LogP contribution in [-0.4, -0.2) is 55.2 Å². The fourth-order valence-corrected chi connectivity index (χ4v) is 2.94. The number of amides is 1. The molecule has 2 aliphatic heterocycles. The molecule has 2 N–H and O–H groups in total. The van der Waals surface area contributed by atoms with Gasteiger partial charge in [0.05, 0.1) is 11.9 Å². The van der Waals surface area contributed by atoms with Gasteiger partial charge in [-0.3, -0.25) is 4.79 Å². The van der Waals surface area contributed by atoms with Crippen molar-refractivity contribution >= 4 is 17.4 Å². The van der Waals surface area contributed by atoms with Gasteiger partial charge in [-0.2, -0.15) is 0 Å². The first-order valence-corrected chi connectivity index (χ1v) is 7.57. The largest absolute Gasteiger partial charge is 0.397 e. The van der Waals surface area contributed by atoms with E-state index in [1.807, 2.05) is 17.0 Å². The molecule has 21 heavy (non-hydrogen) atoms. The highest BCUT2D eigenvalue weighted by molar-refractivity contribution is 5.79. The van der Waals surface area contributed by atoms with E-state index in [0.717, 1.165) is 44.8 Å². The lowest BCUT2D eigenvalue weighted by molar-refractivity contribution is -0.138. The molecule has 3 heterocycles. The zero-order valence-electron chi connectivity index (χ0n) is 12.2. The predicted octanol–water partition coefficient (Wildman–Crippen LogP) is 0.739. The highest BCUT2D eigenvalue weighted by Gasteiger charge is 2.28. The Morgan fingerprint density at radius 3 is 2.52 bits per heavy atom. The number of pyridine rings is 1. The summed E-state index contributed by atoms with van der Waals surface area (Å²) < 4.78 is 5.32. The van der Waals surface area contributed by atoms with Crippen LogP contribution in [-0.2, 0) is 9.53 Å². The van der Waals surface area contributed by atoms with E-state index in [0.29, 0.717) is 24.8 Å². The number of aromatic nitrogens is 1. The van der Waals surface area contributed by atoms with Crippen molar-refractivity contribution in [2.24, 2.45) is 5.92 Å². The second-order valence-corrected chi connectivity index (χ2v) is 5.65. The van der Waals surface area contributed by atoms with E-state index in [4.69, 9.17) is 10.5 Å². The van der Waals surface area contributed by atoms with E-state index < -0.39 is 0 Å². The van der Waals surface area contributed by atoms with Gasteiger partial charge in [-0.05, 0) is 25.0 Å². The molecule has 0 aliphatic carbocycles. The normalized spacial score (nSPS) is 20.6. The van der Waals surface area contributed by atoms with E-state index in [-0.39, 0.29) is 5.92 Å². The molecule has 1 aromatic rings. The molecular weight excluding hydrogens is 268 g/mol. The lowest BCUT2D eigenvalue weighted by Gasteiger charge is -2.37. The number of piperazine rings is 1. The summed E-state index contributed by atoms with van der Waals surface area (Å²) in [6.07, 6.45) is 3.39. The number of nitrogens with zero attached hydrogens (tertiary/aromatic N) is 3. The van der Waals surface area contributed by atoms with Gasteiger partial charge in [0, 0.05) is 45.3 Å². The van der Waals surface area contributed by atoms with E-state index in [9.17, 15) is 4.79 Å². The van der Waals surface area contributed by atoms with Gasteiger partial charge < -0.3 is 20.3 Å². The van der Waals surface area contributed by atoms with Crippen LogP contribution < -0.4 is 10.6 Å². The summed E-state index contributed by atoms with van der Waals surface area (Å²) in [6, 6.07) is 3.80. The number of carbonyl (C=O) groups is 1. The van der Waals surface area contributed by atoms with Crippen molar-refractivity contribution in [3.8, 4) is 0 Å². The third-order valence-electron chi connectivity index (χ3n) is 4.26. The van der Waals surface area contributed by atoms with Gasteiger partial charge in [0.1, 0.15) is 5.82 Å². The van der Waals surface area contributed by atoms with Crippen LogP contribution in [0.15, 0.2) is 18.3 Å². The number of hydrogen-bond donors (Lipinski definition) is 1. The van der Waals surface area contributed by atoms with Gasteiger partial charge in [0.25, 0.3) is 0 Å². The van der Waals surface area contributed by atoms with Crippen LogP contribution in [0.4, 0.5) is 11.5 Å². The molecule has 0 bridgehead atoms. The van der Waals surface area contributed by atoms with Crippen LogP contribution in [0.1, 0.15) is 12.8 Å². The van der Waals surface area contributed by atoms with Crippen LogP contribution in [0.5, 0.6) is 0 Å². The standard InChI is InChI=1S/C15H22N4O2/c16-13-1-2-14(17-11-13)18-5-7-19(8-6-18)15(20)12-3-9-21-10-4-12/h1-2,11-12H,3-10,16H2. The third kappa shape index (κ3) is 3.26. The number of anilines is 2. The zero-order chi connectivity index (χ0) is 14.7. The van der Waals surface area contributed by atoms with E-state index in [1.165, 1.54) is 0 Å². The first-order chi connectivity index (χ1) is 10.2. The summed E-state index contributed by atoms with van der Waals surface area (Å²) in [5.41, 5.74) is 6.33. The number of hydrogen-bond acceptors (Lipinski definition) is 5. The molecule has 0 atom stereocenters. The first kappa shape index (κ1) is 14.1. The monoisotopic (exact) mass is 290 g/mol. The second kappa shape index (κ2) is 6.30. The number of rotatable bonds is 2. The molecule has 0 saturated carbocycles. The average molecular weight is 290 g/mol. The fraction of sp³-hybridized carbons (Fsp3) is 0.600. The lowest BCUT2D eigenvalue weighted by atomic mass is 9.98. The van der Waals surface area contributed by atoms with Gasteiger partial charge in [-0.25, -0.2) is 4.98 Å². The topological polar surface area (TPSA) is 71.7 Å². The molecule has 114 valence electrons. The van der Waals surface area contributed by atoms with Crippen molar-refractivity contribution in [1.82, 2.24) is 9.88 Å². The fourth-order valence-electron chi connectivity index (χ4n) is 2.94. The Hall–Kier alpha value is -1.82. The van der Waals surface area contributed by atoms with Crippen LogP contribution in [0, 0.1) is 5.92 Å². The maximum atomic E-state index is 12.5. The van der Waals surface area contributed by atoms with Crippen molar-refractivity contribution in [3.05, 3.63) is 18.3 Å². The molecule has 2 fully saturated rings. The van der Waals surface area contributed by atoms with Crippen LogP contribution in [0.25, 0.3) is 0 Å². The second-order valence-electron chi connectivity index (χ2n) is 5.65. The zero-order valence-corrected chi connectivity index (χ0v) is 12.2. The molecule has 2 aliphatic rings.